The molecule has 3 aliphatic heterocycles. The Balaban J connectivity index is 2.23. The first-order chi connectivity index (χ1) is 8.57. The van der Waals surface area contributed by atoms with Crippen molar-refractivity contribution in [2.75, 3.05) is 0 Å². The minimum absolute atomic E-state index is 0.137. The molecule has 0 aromatic carbocycles. The van der Waals surface area contributed by atoms with E-state index in [0.717, 1.165) is 0 Å². The van der Waals surface area contributed by atoms with Gasteiger partial charge in [0, 0.05) is 0 Å². The Morgan fingerprint density at radius 2 is 1.16 bits per heavy atom. The van der Waals surface area contributed by atoms with E-state index >= 15 is 0 Å². The average molecular weight is 268 g/mol. The topological polar surface area (TPSA) is 59.1 Å². The zero-order valence-electron chi connectivity index (χ0n) is 12.2. The highest BCUT2D eigenvalue weighted by Crippen LogP contribution is 2.56. The van der Waals surface area contributed by atoms with Crippen molar-refractivity contribution < 1.29 is 19.1 Å². The Hall–Kier alpha value is -1.14. The van der Waals surface area contributed by atoms with Crippen LogP contribution in [0.2, 0.25) is 0 Å². The maximum atomic E-state index is 12.4. The third-order valence-corrected chi connectivity index (χ3v) is 4.98. The molecule has 106 valence electrons. The molecular weight excluding hydrogens is 248 g/mol. The van der Waals surface area contributed by atoms with Crippen LogP contribution in [0.3, 0.4) is 0 Å². The monoisotopic (exact) mass is 268 g/mol. The molecule has 3 heterocycles. The van der Waals surface area contributed by atoms with Crippen molar-refractivity contribution >= 4 is 11.8 Å². The van der Waals surface area contributed by atoms with E-state index in [-0.39, 0.29) is 11.8 Å². The van der Waals surface area contributed by atoms with Crippen LogP contribution in [0.1, 0.15) is 41.5 Å². The van der Waals surface area contributed by atoms with E-state index in [1.54, 1.807) is 23.6 Å². The molecule has 3 aliphatic rings. The first-order valence-corrected chi connectivity index (χ1v) is 6.61. The fourth-order valence-electron chi connectivity index (χ4n) is 3.35. The highest BCUT2D eigenvalue weighted by Gasteiger charge is 2.78. The molecule has 0 aliphatic carbocycles. The van der Waals surface area contributed by atoms with Gasteiger partial charge in [-0.25, -0.2) is 0 Å². The lowest BCUT2D eigenvalue weighted by atomic mass is 9.82. The van der Waals surface area contributed by atoms with Crippen LogP contribution in [-0.4, -0.2) is 50.9 Å². The van der Waals surface area contributed by atoms with E-state index in [1.807, 2.05) is 27.7 Å². The smallest absolute Gasteiger partial charge is 0.302 e. The molecule has 1 spiro atoms. The van der Waals surface area contributed by atoms with Crippen LogP contribution in [-0.2, 0) is 19.1 Å². The number of carbonyl (C=O) groups excluding carboxylic acids is 2. The molecular formula is C13H20N2O4. The highest BCUT2D eigenvalue weighted by atomic mass is 16.8. The largest absolute Gasteiger partial charge is 0.350 e. The summed E-state index contributed by atoms with van der Waals surface area (Å²) in [6, 6.07) is -1.36. The predicted octanol–water partition coefficient (Wildman–Crippen LogP) is 0.663. The van der Waals surface area contributed by atoms with Crippen molar-refractivity contribution in [1.82, 2.24) is 9.80 Å². The van der Waals surface area contributed by atoms with Crippen LogP contribution in [0.25, 0.3) is 0 Å². The molecule has 3 fully saturated rings. The summed E-state index contributed by atoms with van der Waals surface area (Å²) in [6.07, 6.45) is -1.20. The summed E-state index contributed by atoms with van der Waals surface area (Å²) in [5, 5.41) is 0. The zero-order chi connectivity index (χ0) is 14.4. The van der Waals surface area contributed by atoms with Crippen LogP contribution in [0.4, 0.5) is 0 Å². The normalized spacial score (nSPS) is 37.8. The van der Waals surface area contributed by atoms with Gasteiger partial charge in [0.1, 0.15) is 12.2 Å². The second kappa shape index (κ2) is 3.12. The highest BCUT2D eigenvalue weighted by molar-refractivity contribution is 5.90. The van der Waals surface area contributed by atoms with Gasteiger partial charge in [0.2, 0.25) is 0 Å². The minimum atomic E-state index is -1.36. The molecule has 3 rings (SSSR count). The number of hydrogen-bond acceptors (Lipinski definition) is 4. The summed E-state index contributed by atoms with van der Waals surface area (Å²) in [6.45, 7) is 11.1. The maximum absolute atomic E-state index is 12.4. The van der Waals surface area contributed by atoms with Gasteiger partial charge in [0.25, 0.3) is 11.8 Å². The standard InChI is InChI=1S/C13H20N2O4/c1-7-9(16)14-11(3,4)12(5,6)15-10(17)8(2)19-13(14,15)18-7/h7-8H,1-6H3/t7-,8-,13?/m1/s1. The fraction of sp³-hybridized carbons (Fsp3) is 0.846. The Morgan fingerprint density at radius 1 is 0.842 bits per heavy atom. The van der Waals surface area contributed by atoms with E-state index in [0.29, 0.717) is 0 Å². The number of hydrogen-bond donors (Lipinski definition) is 0. The van der Waals surface area contributed by atoms with Crippen LogP contribution in [0, 0.1) is 0 Å². The van der Waals surface area contributed by atoms with E-state index < -0.39 is 29.3 Å². The first kappa shape index (κ1) is 12.9. The van der Waals surface area contributed by atoms with Crippen LogP contribution in [0.15, 0.2) is 0 Å². The molecule has 6 nitrogen and oxygen atoms in total. The second-order valence-corrected chi connectivity index (χ2v) is 6.53. The van der Waals surface area contributed by atoms with Crippen LogP contribution in [0.5, 0.6) is 0 Å². The molecule has 0 bridgehead atoms. The lowest BCUT2D eigenvalue weighted by Crippen LogP contribution is -2.57. The molecule has 0 N–H and O–H groups in total. The van der Waals surface area contributed by atoms with Gasteiger partial charge in [0.05, 0.1) is 11.1 Å². The summed E-state index contributed by atoms with van der Waals surface area (Å²) in [5.74, 6) is -0.273. The number of carbonyl (C=O) groups is 2. The minimum Gasteiger partial charge on any atom is -0.302 e. The third kappa shape index (κ3) is 1.11. The first-order valence-electron chi connectivity index (χ1n) is 6.61. The zero-order valence-corrected chi connectivity index (χ0v) is 12.2. The molecule has 0 unspecified atom stereocenters. The van der Waals surface area contributed by atoms with E-state index in [4.69, 9.17) is 9.47 Å². The molecule has 0 aromatic heterocycles. The van der Waals surface area contributed by atoms with E-state index in [1.165, 1.54) is 0 Å². The molecule has 2 atom stereocenters. The van der Waals surface area contributed by atoms with Crippen molar-refractivity contribution in [2.24, 2.45) is 0 Å². The molecule has 0 radical (unpaired) electrons. The summed E-state index contributed by atoms with van der Waals surface area (Å²) >= 11 is 0. The Kier molecular flexibility index (Phi) is 2.11. The van der Waals surface area contributed by atoms with Gasteiger partial charge in [0.15, 0.2) is 0 Å². The molecule has 6 heteroatoms. The van der Waals surface area contributed by atoms with E-state index in [2.05, 4.69) is 0 Å². The SMILES string of the molecule is C[C@H]1OC23O[C@H](C)C(=O)N2C(C)(C)C(C)(C)N3C1=O. The maximum Gasteiger partial charge on any atom is 0.350 e. The second-order valence-electron chi connectivity index (χ2n) is 6.53. The third-order valence-electron chi connectivity index (χ3n) is 4.98. The lowest BCUT2D eigenvalue weighted by Gasteiger charge is -2.40. The van der Waals surface area contributed by atoms with Gasteiger partial charge in [-0.15, -0.1) is 0 Å². The van der Waals surface area contributed by atoms with Crippen molar-refractivity contribution in [3.05, 3.63) is 0 Å². The fourth-order valence-corrected chi connectivity index (χ4v) is 3.35. The van der Waals surface area contributed by atoms with Crippen molar-refractivity contribution in [3.63, 3.8) is 0 Å². The van der Waals surface area contributed by atoms with Crippen molar-refractivity contribution in [3.8, 4) is 0 Å². The summed E-state index contributed by atoms with van der Waals surface area (Å²) < 4.78 is 11.6. The molecule has 2 amide bonds. The number of nitrogens with zero attached hydrogens (tertiary/aromatic N) is 2. The van der Waals surface area contributed by atoms with Crippen LogP contribution >= 0.6 is 0 Å². The lowest BCUT2D eigenvalue weighted by molar-refractivity contribution is -0.313. The molecule has 0 saturated carbocycles. The van der Waals surface area contributed by atoms with Crippen molar-refractivity contribution in [2.45, 2.75) is 70.9 Å². The number of rotatable bonds is 0. The van der Waals surface area contributed by atoms with Gasteiger partial charge in [-0.2, -0.15) is 0 Å². The molecule has 0 aromatic rings. The molecule has 3 saturated heterocycles. The van der Waals surface area contributed by atoms with Crippen LogP contribution < -0.4 is 0 Å². The Bertz CT molecular complexity index is 441. The van der Waals surface area contributed by atoms with Gasteiger partial charge in [-0.05, 0) is 41.5 Å². The Morgan fingerprint density at radius 3 is 1.47 bits per heavy atom. The van der Waals surface area contributed by atoms with Gasteiger partial charge < -0.3 is 9.47 Å². The molecule has 19 heavy (non-hydrogen) atoms. The van der Waals surface area contributed by atoms with E-state index in [9.17, 15) is 9.59 Å². The predicted molar refractivity (Wildman–Crippen MR) is 65.7 cm³/mol. The van der Waals surface area contributed by atoms with Gasteiger partial charge >= 0.3 is 6.03 Å². The Labute approximate surface area is 112 Å². The number of ether oxygens (including phenoxy) is 2. The van der Waals surface area contributed by atoms with Gasteiger partial charge in [-0.1, -0.05) is 0 Å². The summed E-state index contributed by atoms with van der Waals surface area (Å²) in [5.41, 5.74) is -1.13. The average Bonchev–Trinajstić information content (AvgIpc) is 2.67. The quantitative estimate of drug-likeness (QED) is 0.647. The van der Waals surface area contributed by atoms with Gasteiger partial charge in [-0.3, -0.25) is 19.4 Å². The summed E-state index contributed by atoms with van der Waals surface area (Å²) in [7, 11) is 0. The number of amides is 2. The summed E-state index contributed by atoms with van der Waals surface area (Å²) in [4.78, 5) is 28.0. The van der Waals surface area contributed by atoms with Crippen molar-refractivity contribution in [1.29, 1.82) is 0 Å².